The maximum absolute atomic E-state index is 13.2. The number of hydrogen-bond acceptors (Lipinski definition) is 4. The minimum absolute atomic E-state index is 0.118. The summed E-state index contributed by atoms with van der Waals surface area (Å²) in [6, 6.07) is 14.3. The summed E-state index contributed by atoms with van der Waals surface area (Å²) in [6.45, 7) is 7.86. The number of amides is 2. The molecule has 0 aliphatic carbocycles. The van der Waals surface area contributed by atoms with E-state index in [1.54, 1.807) is 26.0 Å². The maximum Gasteiger partial charge on any atom is 0.242 e. The van der Waals surface area contributed by atoms with Crippen LogP contribution in [0.3, 0.4) is 0 Å². The van der Waals surface area contributed by atoms with E-state index in [0.29, 0.717) is 6.54 Å². The molecule has 2 amide bonds. The number of ether oxygens (including phenoxy) is 2. The highest BCUT2D eigenvalue weighted by molar-refractivity contribution is 5.88. The summed E-state index contributed by atoms with van der Waals surface area (Å²) in [5.74, 6) is 1.18. The van der Waals surface area contributed by atoms with Crippen LogP contribution in [0.5, 0.6) is 11.5 Å². The molecule has 0 heterocycles. The van der Waals surface area contributed by atoms with Gasteiger partial charge in [-0.05, 0) is 63.1 Å². The Kier molecular flexibility index (Phi) is 7.86. The number of carbonyl (C=O) groups is 2. The Morgan fingerprint density at radius 2 is 1.37 bits per heavy atom. The van der Waals surface area contributed by atoms with Crippen LogP contribution in [0.4, 0.5) is 0 Å². The minimum Gasteiger partial charge on any atom is -0.497 e. The summed E-state index contributed by atoms with van der Waals surface area (Å²) in [7, 11) is 3.21. The van der Waals surface area contributed by atoms with Gasteiger partial charge < -0.3 is 19.7 Å². The third-order valence-corrected chi connectivity index (χ3v) is 4.69. The van der Waals surface area contributed by atoms with Gasteiger partial charge in [-0.2, -0.15) is 0 Å². The van der Waals surface area contributed by atoms with Gasteiger partial charge in [-0.15, -0.1) is 0 Å². The lowest BCUT2D eigenvalue weighted by molar-refractivity contribution is -0.140. The van der Waals surface area contributed by atoms with Gasteiger partial charge in [0.1, 0.15) is 17.5 Å². The normalized spacial score (nSPS) is 12.1. The molecular weight excluding hydrogens is 380 g/mol. The fraction of sp³-hybridized carbons (Fsp3) is 0.417. The van der Waals surface area contributed by atoms with Gasteiger partial charge in [-0.25, -0.2) is 0 Å². The third-order valence-electron chi connectivity index (χ3n) is 4.69. The lowest BCUT2D eigenvalue weighted by Crippen LogP contribution is -2.52. The van der Waals surface area contributed by atoms with Crippen molar-refractivity contribution < 1.29 is 19.1 Å². The molecule has 2 aromatic carbocycles. The zero-order valence-corrected chi connectivity index (χ0v) is 18.7. The standard InChI is InChI=1S/C24H32N2O4/c1-17(23(28)25-24(2,3)4)26(16-19-9-13-21(30-6)14-10-19)22(27)15-18-7-11-20(29-5)12-8-18/h7-14,17H,15-16H2,1-6H3,(H,25,28). The fourth-order valence-corrected chi connectivity index (χ4v) is 3.00. The molecule has 0 saturated carbocycles. The van der Waals surface area contributed by atoms with E-state index >= 15 is 0 Å². The summed E-state index contributed by atoms with van der Waals surface area (Å²) in [5.41, 5.74) is 1.41. The van der Waals surface area contributed by atoms with Gasteiger partial charge in [0, 0.05) is 12.1 Å². The molecule has 0 spiro atoms. The number of methoxy groups -OCH3 is 2. The molecule has 2 aromatic rings. The largest absolute Gasteiger partial charge is 0.497 e. The number of nitrogens with zero attached hydrogens (tertiary/aromatic N) is 1. The Balaban J connectivity index is 2.23. The Morgan fingerprint density at radius 1 is 0.900 bits per heavy atom. The van der Waals surface area contributed by atoms with Crippen LogP contribution in [0.15, 0.2) is 48.5 Å². The van der Waals surface area contributed by atoms with Gasteiger partial charge in [-0.3, -0.25) is 9.59 Å². The van der Waals surface area contributed by atoms with Crippen LogP contribution >= 0.6 is 0 Å². The predicted octanol–water partition coefficient (Wildman–Crippen LogP) is 3.58. The zero-order valence-electron chi connectivity index (χ0n) is 18.7. The number of hydrogen-bond donors (Lipinski definition) is 1. The first-order valence-electron chi connectivity index (χ1n) is 10.0. The number of rotatable bonds is 8. The van der Waals surface area contributed by atoms with Crippen LogP contribution < -0.4 is 14.8 Å². The van der Waals surface area contributed by atoms with E-state index in [-0.39, 0.29) is 23.8 Å². The topological polar surface area (TPSA) is 67.9 Å². The summed E-state index contributed by atoms with van der Waals surface area (Å²) in [4.78, 5) is 27.6. The third kappa shape index (κ3) is 6.79. The second-order valence-corrected chi connectivity index (χ2v) is 8.31. The lowest BCUT2D eigenvalue weighted by Gasteiger charge is -2.31. The zero-order chi connectivity index (χ0) is 22.3. The van der Waals surface area contributed by atoms with E-state index in [9.17, 15) is 9.59 Å². The summed E-state index contributed by atoms with van der Waals surface area (Å²) in [5, 5.41) is 2.97. The molecule has 0 radical (unpaired) electrons. The molecule has 30 heavy (non-hydrogen) atoms. The molecular formula is C24H32N2O4. The monoisotopic (exact) mass is 412 g/mol. The average Bonchev–Trinajstić information content (AvgIpc) is 2.71. The van der Waals surface area contributed by atoms with Gasteiger partial charge in [-0.1, -0.05) is 24.3 Å². The lowest BCUT2D eigenvalue weighted by atomic mass is 10.1. The van der Waals surface area contributed by atoms with Crippen molar-refractivity contribution in [2.45, 2.75) is 52.2 Å². The van der Waals surface area contributed by atoms with Crippen molar-refractivity contribution in [2.24, 2.45) is 0 Å². The molecule has 6 nitrogen and oxygen atoms in total. The SMILES string of the molecule is COc1ccc(CC(=O)N(Cc2ccc(OC)cc2)C(C)C(=O)NC(C)(C)C)cc1. The van der Waals surface area contributed by atoms with Gasteiger partial charge >= 0.3 is 0 Å². The smallest absolute Gasteiger partial charge is 0.242 e. The van der Waals surface area contributed by atoms with Crippen LogP contribution in [-0.4, -0.2) is 42.5 Å². The first-order valence-corrected chi connectivity index (χ1v) is 10.0. The van der Waals surface area contributed by atoms with Crippen molar-refractivity contribution in [1.29, 1.82) is 0 Å². The van der Waals surface area contributed by atoms with Crippen molar-refractivity contribution in [3.63, 3.8) is 0 Å². The molecule has 0 bridgehead atoms. The molecule has 6 heteroatoms. The molecule has 0 aromatic heterocycles. The second-order valence-electron chi connectivity index (χ2n) is 8.31. The Bertz CT molecular complexity index is 839. The highest BCUT2D eigenvalue weighted by Crippen LogP contribution is 2.18. The van der Waals surface area contributed by atoms with Crippen molar-refractivity contribution >= 4 is 11.8 Å². The van der Waals surface area contributed by atoms with Gasteiger partial charge in [0.2, 0.25) is 11.8 Å². The van der Waals surface area contributed by atoms with E-state index in [1.807, 2.05) is 69.3 Å². The summed E-state index contributed by atoms with van der Waals surface area (Å²) < 4.78 is 10.4. The molecule has 0 aliphatic rings. The number of carbonyl (C=O) groups excluding carboxylic acids is 2. The first-order chi connectivity index (χ1) is 14.1. The predicted molar refractivity (Wildman–Crippen MR) is 118 cm³/mol. The maximum atomic E-state index is 13.2. The van der Waals surface area contributed by atoms with E-state index < -0.39 is 6.04 Å². The average molecular weight is 413 g/mol. The van der Waals surface area contributed by atoms with Crippen molar-refractivity contribution in [3.8, 4) is 11.5 Å². The van der Waals surface area contributed by atoms with Crippen molar-refractivity contribution in [1.82, 2.24) is 10.2 Å². The van der Waals surface area contributed by atoms with E-state index in [1.165, 1.54) is 0 Å². The van der Waals surface area contributed by atoms with Gasteiger partial charge in [0.05, 0.1) is 20.6 Å². The molecule has 2 rings (SSSR count). The molecule has 1 unspecified atom stereocenters. The summed E-state index contributed by atoms with van der Waals surface area (Å²) >= 11 is 0. The molecule has 0 aliphatic heterocycles. The second kappa shape index (κ2) is 10.1. The van der Waals surface area contributed by atoms with Crippen LogP contribution in [-0.2, 0) is 22.6 Å². The molecule has 1 atom stereocenters. The van der Waals surface area contributed by atoms with Crippen LogP contribution in [0.25, 0.3) is 0 Å². The van der Waals surface area contributed by atoms with E-state index in [4.69, 9.17) is 9.47 Å². The van der Waals surface area contributed by atoms with Crippen LogP contribution in [0.2, 0.25) is 0 Å². The van der Waals surface area contributed by atoms with E-state index in [0.717, 1.165) is 22.6 Å². The minimum atomic E-state index is -0.614. The quantitative estimate of drug-likeness (QED) is 0.720. The van der Waals surface area contributed by atoms with Gasteiger partial charge in [0.25, 0.3) is 0 Å². The molecule has 0 saturated heterocycles. The van der Waals surface area contributed by atoms with Crippen LogP contribution in [0.1, 0.15) is 38.8 Å². The van der Waals surface area contributed by atoms with Crippen molar-refractivity contribution in [3.05, 3.63) is 59.7 Å². The number of benzene rings is 2. The Morgan fingerprint density at radius 3 is 1.80 bits per heavy atom. The summed E-state index contributed by atoms with van der Waals surface area (Å²) in [6.07, 6.45) is 0.202. The number of nitrogens with one attached hydrogen (secondary N) is 1. The van der Waals surface area contributed by atoms with E-state index in [2.05, 4.69) is 5.32 Å². The van der Waals surface area contributed by atoms with Crippen molar-refractivity contribution in [2.75, 3.05) is 14.2 Å². The van der Waals surface area contributed by atoms with Gasteiger partial charge in [0.15, 0.2) is 0 Å². The van der Waals surface area contributed by atoms with Crippen LogP contribution in [0, 0.1) is 0 Å². The first kappa shape index (κ1) is 23.3. The highest BCUT2D eigenvalue weighted by atomic mass is 16.5. The Labute approximate surface area is 179 Å². The highest BCUT2D eigenvalue weighted by Gasteiger charge is 2.28. The molecule has 162 valence electrons. The fourth-order valence-electron chi connectivity index (χ4n) is 3.00. The molecule has 0 fully saturated rings. The Hall–Kier alpha value is -3.02. The molecule has 1 N–H and O–H groups in total.